The normalized spacial score (nSPS) is 9.94. The molecule has 86 valence electrons. The largest absolute Gasteiger partial charge is 0.328 e. The Morgan fingerprint density at radius 2 is 2.12 bits per heavy atom. The molecule has 0 aliphatic rings. The number of hydrogen-bond donors (Lipinski definition) is 2. The molecule has 17 heavy (non-hydrogen) atoms. The number of halogens is 1. The number of H-pyrrole nitrogens is 1. The van der Waals surface area contributed by atoms with E-state index in [0.717, 1.165) is 0 Å². The molecule has 7 heteroatoms. The predicted octanol–water partition coefficient (Wildman–Crippen LogP) is 1.07. The van der Waals surface area contributed by atoms with Crippen LogP contribution < -0.4 is 10.9 Å². The summed E-state index contributed by atoms with van der Waals surface area (Å²) >= 11 is 5.56. The van der Waals surface area contributed by atoms with Gasteiger partial charge in [-0.15, -0.1) is 0 Å². The summed E-state index contributed by atoms with van der Waals surface area (Å²) < 4.78 is 0. The highest BCUT2D eigenvalue weighted by molar-refractivity contribution is 6.29. The van der Waals surface area contributed by atoms with E-state index in [2.05, 4.69) is 20.3 Å². The van der Waals surface area contributed by atoms with Crippen LogP contribution in [0.3, 0.4) is 0 Å². The minimum absolute atomic E-state index is 0.243. The lowest BCUT2D eigenvalue weighted by Gasteiger charge is -2.02. The molecule has 2 N–H and O–H groups in total. The number of carbonyl (C=O) groups is 1. The number of aromatic amines is 1. The topological polar surface area (TPSA) is 87.7 Å². The average Bonchev–Trinajstić information content (AvgIpc) is 2.33. The number of amides is 1. The Bertz CT molecular complexity index is 574. The van der Waals surface area contributed by atoms with Gasteiger partial charge in [-0.1, -0.05) is 11.6 Å². The number of hydrogen-bond acceptors (Lipinski definition) is 4. The van der Waals surface area contributed by atoms with Crippen molar-refractivity contribution in [3.63, 3.8) is 0 Å². The molecule has 0 atom stereocenters. The summed E-state index contributed by atoms with van der Waals surface area (Å²) in [5.41, 5.74) is 0.0502. The molecule has 2 rings (SSSR count). The van der Waals surface area contributed by atoms with Gasteiger partial charge in [0.25, 0.3) is 5.91 Å². The van der Waals surface area contributed by atoms with Crippen LogP contribution in [0.15, 0.2) is 35.5 Å². The maximum atomic E-state index is 11.7. The van der Waals surface area contributed by atoms with Crippen LogP contribution in [0.4, 0.5) is 5.82 Å². The molecule has 2 heterocycles. The van der Waals surface area contributed by atoms with Crippen LogP contribution in [0, 0.1) is 0 Å². The zero-order chi connectivity index (χ0) is 12.3. The lowest BCUT2D eigenvalue weighted by atomic mass is 10.3. The van der Waals surface area contributed by atoms with Crippen LogP contribution in [0.1, 0.15) is 10.4 Å². The van der Waals surface area contributed by atoms with E-state index in [0.29, 0.717) is 5.56 Å². The molecule has 0 aliphatic heterocycles. The van der Waals surface area contributed by atoms with E-state index in [1.165, 1.54) is 30.7 Å². The van der Waals surface area contributed by atoms with Gasteiger partial charge in [-0.25, -0.2) is 9.97 Å². The van der Waals surface area contributed by atoms with E-state index in [1.54, 1.807) is 0 Å². The third kappa shape index (κ3) is 2.88. The third-order valence-corrected chi connectivity index (χ3v) is 2.10. The zero-order valence-corrected chi connectivity index (χ0v) is 9.23. The summed E-state index contributed by atoms with van der Waals surface area (Å²) in [6, 6.07) is 2.68. The molecule has 0 saturated heterocycles. The van der Waals surface area contributed by atoms with Gasteiger partial charge in [0.1, 0.15) is 5.15 Å². The second kappa shape index (κ2) is 4.75. The zero-order valence-electron chi connectivity index (χ0n) is 8.48. The summed E-state index contributed by atoms with van der Waals surface area (Å²) in [5.74, 6) is -0.108. The van der Waals surface area contributed by atoms with Gasteiger partial charge in [-0.2, -0.15) is 0 Å². The number of rotatable bonds is 2. The first kappa shape index (κ1) is 11.3. The Morgan fingerprint density at radius 3 is 2.71 bits per heavy atom. The van der Waals surface area contributed by atoms with Crippen LogP contribution in [0.5, 0.6) is 0 Å². The smallest absolute Gasteiger partial charge is 0.258 e. The fraction of sp³-hybridized carbons (Fsp3) is 0. The van der Waals surface area contributed by atoms with Crippen molar-refractivity contribution < 1.29 is 4.79 Å². The van der Waals surface area contributed by atoms with E-state index >= 15 is 0 Å². The Balaban J connectivity index is 2.14. The minimum atomic E-state index is -0.391. The fourth-order valence-corrected chi connectivity index (χ4v) is 1.21. The molecule has 2 aromatic heterocycles. The highest BCUT2D eigenvalue weighted by Gasteiger charge is 2.06. The van der Waals surface area contributed by atoms with Crippen molar-refractivity contribution in [2.24, 2.45) is 0 Å². The van der Waals surface area contributed by atoms with E-state index in [-0.39, 0.29) is 16.5 Å². The maximum Gasteiger partial charge on any atom is 0.258 e. The summed E-state index contributed by atoms with van der Waals surface area (Å²) in [6.45, 7) is 0. The molecule has 0 fully saturated rings. The number of nitrogens with one attached hydrogen (secondary N) is 2. The molecular formula is C10H7ClN4O2. The third-order valence-electron chi connectivity index (χ3n) is 1.91. The molecule has 0 unspecified atom stereocenters. The first-order valence-electron chi connectivity index (χ1n) is 4.63. The Hall–Kier alpha value is -2.21. The number of anilines is 1. The number of pyridine rings is 1. The van der Waals surface area contributed by atoms with Gasteiger partial charge in [0.2, 0.25) is 5.56 Å². The molecule has 0 radical (unpaired) electrons. The highest BCUT2D eigenvalue weighted by Crippen LogP contribution is 2.06. The molecule has 6 nitrogen and oxygen atoms in total. The van der Waals surface area contributed by atoms with Crippen molar-refractivity contribution >= 4 is 23.3 Å². The lowest BCUT2D eigenvalue weighted by Crippen LogP contribution is -2.15. The Morgan fingerprint density at radius 1 is 1.29 bits per heavy atom. The quantitative estimate of drug-likeness (QED) is 0.835. The average molecular weight is 251 g/mol. The van der Waals surface area contributed by atoms with E-state index in [1.807, 2.05) is 0 Å². The van der Waals surface area contributed by atoms with E-state index in [4.69, 9.17) is 11.6 Å². The van der Waals surface area contributed by atoms with Crippen LogP contribution in [0.25, 0.3) is 0 Å². The summed E-state index contributed by atoms with van der Waals surface area (Å²) in [7, 11) is 0. The lowest BCUT2D eigenvalue weighted by molar-refractivity contribution is 0.102. The highest BCUT2D eigenvalue weighted by atomic mass is 35.5. The van der Waals surface area contributed by atoms with Gasteiger partial charge in [0.15, 0.2) is 5.82 Å². The van der Waals surface area contributed by atoms with Gasteiger partial charge in [-0.3, -0.25) is 9.59 Å². The SMILES string of the molecule is O=C(Nc1cnc(Cl)cn1)c1ccc(=O)[nH]c1. The second-order valence-corrected chi connectivity index (χ2v) is 3.51. The number of aromatic nitrogens is 3. The van der Waals surface area contributed by atoms with Crippen molar-refractivity contribution in [2.75, 3.05) is 5.32 Å². The van der Waals surface area contributed by atoms with E-state index < -0.39 is 5.91 Å². The first-order chi connectivity index (χ1) is 8.15. The van der Waals surface area contributed by atoms with Crippen molar-refractivity contribution in [1.29, 1.82) is 0 Å². The van der Waals surface area contributed by atoms with Crippen molar-refractivity contribution in [2.45, 2.75) is 0 Å². The molecule has 0 aromatic carbocycles. The van der Waals surface area contributed by atoms with Gasteiger partial charge in [0.05, 0.1) is 18.0 Å². The second-order valence-electron chi connectivity index (χ2n) is 3.12. The standard InChI is InChI=1S/C10H7ClN4O2/c11-7-4-13-8(5-12-7)15-10(17)6-1-2-9(16)14-3-6/h1-5H,(H,14,16)(H,13,15,17). The number of carbonyl (C=O) groups excluding carboxylic acids is 1. The Labute approximate surface area is 101 Å². The molecule has 0 spiro atoms. The maximum absolute atomic E-state index is 11.7. The van der Waals surface area contributed by atoms with Crippen molar-refractivity contribution in [1.82, 2.24) is 15.0 Å². The van der Waals surface area contributed by atoms with Crippen LogP contribution in [-0.4, -0.2) is 20.9 Å². The molecular weight excluding hydrogens is 244 g/mol. The van der Waals surface area contributed by atoms with Crippen molar-refractivity contribution in [3.8, 4) is 0 Å². The fourth-order valence-electron chi connectivity index (χ4n) is 1.12. The number of nitrogens with zero attached hydrogens (tertiary/aromatic N) is 2. The van der Waals surface area contributed by atoms with Crippen LogP contribution >= 0.6 is 11.6 Å². The first-order valence-corrected chi connectivity index (χ1v) is 5.00. The minimum Gasteiger partial charge on any atom is -0.328 e. The Kier molecular flexibility index (Phi) is 3.15. The van der Waals surface area contributed by atoms with Gasteiger partial charge in [-0.05, 0) is 6.07 Å². The monoisotopic (exact) mass is 250 g/mol. The van der Waals surface area contributed by atoms with Gasteiger partial charge in [0, 0.05) is 12.3 Å². The van der Waals surface area contributed by atoms with Crippen LogP contribution in [0.2, 0.25) is 5.15 Å². The summed E-state index contributed by atoms with van der Waals surface area (Å²) in [5, 5.41) is 2.75. The molecule has 0 saturated carbocycles. The molecule has 0 bridgehead atoms. The molecule has 1 amide bonds. The predicted molar refractivity (Wildman–Crippen MR) is 62.1 cm³/mol. The van der Waals surface area contributed by atoms with Gasteiger partial charge >= 0.3 is 0 Å². The molecule has 0 aliphatic carbocycles. The van der Waals surface area contributed by atoms with Gasteiger partial charge < -0.3 is 10.3 Å². The van der Waals surface area contributed by atoms with E-state index in [9.17, 15) is 9.59 Å². The molecule has 2 aromatic rings. The summed E-state index contributed by atoms with van der Waals surface area (Å²) in [4.78, 5) is 32.5. The van der Waals surface area contributed by atoms with Crippen molar-refractivity contribution in [3.05, 3.63) is 51.8 Å². The van der Waals surface area contributed by atoms with Crippen LogP contribution in [-0.2, 0) is 0 Å². The summed E-state index contributed by atoms with van der Waals surface area (Å²) in [6.07, 6.45) is 3.98.